The molecule has 0 saturated heterocycles. The van der Waals surface area contributed by atoms with E-state index in [1.165, 1.54) is 0 Å². The summed E-state index contributed by atoms with van der Waals surface area (Å²) in [6.07, 6.45) is -3.35. The second-order valence-corrected chi connectivity index (χ2v) is 7.82. The molecule has 2 aromatic rings. The van der Waals surface area contributed by atoms with E-state index in [1.54, 1.807) is 0 Å². The fourth-order valence-corrected chi connectivity index (χ4v) is 3.18. The molecule has 0 aliphatic carbocycles. The molecule has 0 aromatic heterocycles. The minimum absolute atomic E-state index is 0.313. The van der Waals surface area contributed by atoms with E-state index in [0.717, 1.165) is 6.92 Å². The van der Waals surface area contributed by atoms with Crippen molar-refractivity contribution >= 4 is 17.7 Å². The highest BCUT2D eigenvalue weighted by Crippen LogP contribution is 2.33. The minimum atomic E-state index is -3.83. The standard InChI is InChI=1S/C23H20F8N2O3/c1-13(34)33(5-3-23(30,31)15-8-18(26)11-19(27)9-15)21(36)12-20(35)32-4-2-22(28,29)14-6-16(24)10-17(25)7-14/h6-11H,2-5,12H2,1H3,(H,32,35). The number of hydrogen-bond donors (Lipinski definition) is 1. The number of rotatable bonds is 10. The van der Waals surface area contributed by atoms with Gasteiger partial charge in [0.1, 0.15) is 29.7 Å². The maximum absolute atomic E-state index is 14.4. The molecule has 2 aromatic carbocycles. The second kappa shape index (κ2) is 11.5. The monoisotopic (exact) mass is 524 g/mol. The highest BCUT2D eigenvalue weighted by atomic mass is 19.3. The number of hydrogen-bond acceptors (Lipinski definition) is 3. The molecule has 0 aliphatic rings. The lowest BCUT2D eigenvalue weighted by Gasteiger charge is -2.23. The predicted molar refractivity (Wildman–Crippen MR) is 110 cm³/mol. The second-order valence-electron chi connectivity index (χ2n) is 7.82. The first-order valence-corrected chi connectivity index (χ1v) is 10.4. The Hall–Kier alpha value is -3.51. The third kappa shape index (κ3) is 8.02. The van der Waals surface area contributed by atoms with Crippen LogP contribution in [0, 0.1) is 23.3 Å². The van der Waals surface area contributed by atoms with Crippen molar-refractivity contribution in [3.63, 3.8) is 0 Å². The van der Waals surface area contributed by atoms with Gasteiger partial charge in [0.05, 0.1) is 0 Å². The molecule has 196 valence electrons. The first-order valence-electron chi connectivity index (χ1n) is 10.4. The molecule has 1 N–H and O–H groups in total. The molecular formula is C23H20F8N2O3. The van der Waals surface area contributed by atoms with Crippen LogP contribution >= 0.6 is 0 Å². The van der Waals surface area contributed by atoms with E-state index in [2.05, 4.69) is 0 Å². The van der Waals surface area contributed by atoms with Gasteiger partial charge in [0, 0.05) is 56.1 Å². The number of nitrogens with zero attached hydrogens (tertiary/aromatic N) is 1. The maximum Gasteiger partial charge on any atom is 0.275 e. The number of carbonyl (C=O) groups is 3. The number of halogens is 8. The van der Waals surface area contributed by atoms with Crippen molar-refractivity contribution in [1.82, 2.24) is 10.2 Å². The number of imide groups is 1. The van der Waals surface area contributed by atoms with Gasteiger partial charge in [-0.25, -0.2) is 35.1 Å². The number of nitrogens with one attached hydrogen (secondary N) is 1. The fourth-order valence-electron chi connectivity index (χ4n) is 3.18. The van der Waals surface area contributed by atoms with Crippen molar-refractivity contribution in [3.05, 3.63) is 70.8 Å². The summed E-state index contributed by atoms with van der Waals surface area (Å²) in [6.45, 7) is -0.773. The molecule has 0 spiro atoms. The van der Waals surface area contributed by atoms with Gasteiger partial charge in [0.2, 0.25) is 17.7 Å². The normalized spacial score (nSPS) is 11.8. The smallest absolute Gasteiger partial charge is 0.275 e. The van der Waals surface area contributed by atoms with Gasteiger partial charge in [0.15, 0.2) is 0 Å². The molecule has 2 rings (SSSR count). The quantitative estimate of drug-likeness (QED) is 0.359. The summed E-state index contributed by atoms with van der Waals surface area (Å²) in [6, 6.07) is 2.42. The van der Waals surface area contributed by atoms with E-state index in [0.29, 0.717) is 41.3 Å². The first kappa shape index (κ1) is 28.7. The third-order valence-corrected chi connectivity index (χ3v) is 4.97. The molecule has 0 saturated carbocycles. The Balaban J connectivity index is 1.93. The summed E-state index contributed by atoms with van der Waals surface area (Å²) in [5.74, 6) is -15.9. The van der Waals surface area contributed by atoms with Gasteiger partial charge in [0.25, 0.3) is 11.8 Å². The molecule has 0 fully saturated rings. The van der Waals surface area contributed by atoms with E-state index in [9.17, 15) is 49.5 Å². The molecule has 5 nitrogen and oxygen atoms in total. The molecule has 0 unspecified atom stereocenters. The first-order chi connectivity index (χ1) is 16.6. The van der Waals surface area contributed by atoms with E-state index in [1.807, 2.05) is 5.32 Å². The molecule has 0 aliphatic heterocycles. The van der Waals surface area contributed by atoms with Crippen LogP contribution in [0.5, 0.6) is 0 Å². The largest absolute Gasteiger partial charge is 0.355 e. The van der Waals surface area contributed by atoms with Crippen LogP contribution in [0.1, 0.15) is 37.3 Å². The number of carbonyl (C=O) groups excluding carboxylic acids is 3. The molecule has 3 amide bonds. The van der Waals surface area contributed by atoms with Gasteiger partial charge in [-0.1, -0.05) is 0 Å². The van der Waals surface area contributed by atoms with Gasteiger partial charge >= 0.3 is 0 Å². The molecular weight excluding hydrogens is 504 g/mol. The van der Waals surface area contributed by atoms with Gasteiger partial charge in [-0.2, -0.15) is 0 Å². The summed E-state index contributed by atoms with van der Waals surface area (Å²) in [7, 11) is 0. The Morgan fingerprint density at radius 1 is 0.750 bits per heavy atom. The summed E-state index contributed by atoms with van der Waals surface area (Å²) < 4.78 is 110. The van der Waals surface area contributed by atoms with Crippen LogP contribution < -0.4 is 5.32 Å². The summed E-state index contributed by atoms with van der Waals surface area (Å²) in [5, 5.41) is 1.98. The van der Waals surface area contributed by atoms with Crippen LogP contribution in [0.2, 0.25) is 0 Å². The summed E-state index contributed by atoms with van der Waals surface area (Å²) >= 11 is 0. The summed E-state index contributed by atoms with van der Waals surface area (Å²) in [5.41, 5.74) is -1.99. The Morgan fingerprint density at radius 2 is 1.17 bits per heavy atom. The zero-order chi connectivity index (χ0) is 27.3. The van der Waals surface area contributed by atoms with Crippen LogP contribution in [0.25, 0.3) is 0 Å². The van der Waals surface area contributed by atoms with Crippen molar-refractivity contribution in [2.24, 2.45) is 0 Å². The molecule has 0 bridgehead atoms. The highest BCUT2D eigenvalue weighted by Gasteiger charge is 2.35. The lowest BCUT2D eigenvalue weighted by atomic mass is 10.0. The minimum Gasteiger partial charge on any atom is -0.355 e. The number of benzene rings is 2. The van der Waals surface area contributed by atoms with Crippen LogP contribution in [-0.2, 0) is 26.2 Å². The van der Waals surface area contributed by atoms with Crippen molar-refractivity contribution in [1.29, 1.82) is 0 Å². The van der Waals surface area contributed by atoms with Gasteiger partial charge < -0.3 is 5.32 Å². The third-order valence-electron chi connectivity index (χ3n) is 4.97. The summed E-state index contributed by atoms with van der Waals surface area (Å²) in [4.78, 5) is 36.3. The topological polar surface area (TPSA) is 66.5 Å². The number of alkyl halides is 4. The zero-order valence-electron chi connectivity index (χ0n) is 18.7. The fraction of sp³-hybridized carbons (Fsp3) is 0.348. The Bertz CT molecular complexity index is 1100. The van der Waals surface area contributed by atoms with E-state index in [-0.39, 0.29) is 0 Å². The molecule has 13 heteroatoms. The van der Waals surface area contributed by atoms with Gasteiger partial charge in [-0.15, -0.1) is 0 Å². The molecule has 0 atom stereocenters. The lowest BCUT2D eigenvalue weighted by Crippen LogP contribution is -2.41. The van der Waals surface area contributed by atoms with E-state index >= 15 is 0 Å². The van der Waals surface area contributed by atoms with Gasteiger partial charge in [-0.05, 0) is 24.3 Å². The van der Waals surface area contributed by atoms with Crippen LogP contribution in [-0.4, -0.2) is 35.7 Å². The van der Waals surface area contributed by atoms with Gasteiger partial charge in [-0.3, -0.25) is 19.3 Å². The van der Waals surface area contributed by atoms with Crippen LogP contribution in [0.3, 0.4) is 0 Å². The predicted octanol–water partition coefficient (Wildman–Crippen LogP) is 4.79. The lowest BCUT2D eigenvalue weighted by molar-refractivity contribution is -0.146. The maximum atomic E-state index is 14.4. The van der Waals surface area contributed by atoms with Crippen molar-refractivity contribution in [2.45, 2.75) is 38.0 Å². The van der Waals surface area contributed by atoms with Crippen molar-refractivity contribution < 1.29 is 49.5 Å². The van der Waals surface area contributed by atoms with E-state index in [4.69, 9.17) is 0 Å². The highest BCUT2D eigenvalue weighted by molar-refractivity contribution is 6.03. The SMILES string of the molecule is CC(=O)N(CCC(F)(F)c1cc(F)cc(F)c1)C(=O)CC(=O)NCCC(F)(F)c1cc(F)cc(F)c1. The van der Waals surface area contributed by atoms with Crippen molar-refractivity contribution in [2.75, 3.05) is 13.1 Å². The Labute approximate surface area is 200 Å². The van der Waals surface area contributed by atoms with Crippen LogP contribution in [0.4, 0.5) is 35.1 Å². The van der Waals surface area contributed by atoms with Crippen molar-refractivity contribution in [3.8, 4) is 0 Å². The average molecular weight is 524 g/mol. The average Bonchev–Trinajstić information content (AvgIpc) is 2.72. The molecule has 0 radical (unpaired) electrons. The molecule has 36 heavy (non-hydrogen) atoms. The molecule has 0 heterocycles. The zero-order valence-corrected chi connectivity index (χ0v) is 18.7. The Morgan fingerprint density at radius 3 is 1.58 bits per heavy atom. The van der Waals surface area contributed by atoms with Crippen LogP contribution in [0.15, 0.2) is 36.4 Å². The Kier molecular flexibility index (Phi) is 9.16. The van der Waals surface area contributed by atoms with E-state index < -0.39 is 96.3 Å². The number of amides is 3.